The minimum absolute atomic E-state index is 0.269. The predicted octanol–water partition coefficient (Wildman–Crippen LogP) is 5.45. The van der Waals surface area contributed by atoms with Crippen molar-refractivity contribution >= 4 is 11.7 Å². The summed E-state index contributed by atoms with van der Waals surface area (Å²) in [5.74, 6) is 0.408. The highest BCUT2D eigenvalue weighted by molar-refractivity contribution is 5.92. The summed E-state index contributed by atoms with van der Waals surface area (Å²) < 4.78 is 0. The van der Waals surface area contributed by atoms with E-state index in [2.05, 4.69) is 41.3 Å². The van der Waals surface area contributed by atoms with Gasteiger partial charge in [-0.25, -0.2) is 4.79 Å². The number of nitrogens with two attached hydrogens (primary N) is 1. The molecule has 2 fully saturated rings. The van der Waals surface area contributed by atoms with Crippen LogP contribution < -0.4 is 10.6 Å². The second kappa shape index (κ2) is 10.2. The highest BCUT2D eigenvalue weighted by Crippen LogP contribution is 2.45. The van der Waals surface area contributed by atoms with E-state index in [0.29, 0.717) is 11.5 Å². The van der Waals surface area contributed by atoms with Gasteiger partial charge in [-0.15, -0.1) is 0 Å². The van der Waals surface area contributed by atoms with Gasteiger partial charge in [0.1, 0.15) is 0 Å². The number of benzene rings is 2. The zero-order valence-corrected chi connectivity index (χ0v) is 18.9. The van der Waals surface area contributed by atoms with Crippen molar-refractivity contribution in [3.8, 4) is 6.07 Å². The van der Waals surface area contributed by atoms with Crippen molar-refractivity contribution in [3.05, 3.63) is 65.7 Å². The minimum atomic E-state index is -0.395. The number of primary amides is 1. The van der Waals surface area contributed by atoms with Crippen molar-refractivity contribution in [2.24, 2.45) is 11.7 Å². The van der Waals surface area contributed by atoms with E-state index < -0.39 is 6.03 Å². The fourth-order valence-corrected chi connectivity index (χ4v) is 5.94. The van der Waals surface area contributed by atoms with Gasteiger partial charge >= 0.3 is 6.03 Å². The van der Waals surface area contributed by atoms with Crippen LogP contribution in [-0.2, 0) is 6.54 Å². The van der Waals surface area contributed by atoms with Crippen molar-refractivity contribution < 1.29 is 4.79 Å². The average Bonchev–Trinajstić information content (AvgIpc) is 3.07. The first-order chi connectivity index (χ1) is 15.6. The molecule has 5 nitrogen and oxygen atoms in total. The molecule has 1 heterocycles. The van der Waals surface area contributed by atoms with Crippen LogP contribution in [0.15, 0.2) is 54.6 Å². The van der Waals surface area contributed by atoms with E-state index in [9.17, 15) is 10.1 Å². The molecule has 0 aromatic heterocycles. The summed E-state index contributed by atoms with van der Waals surface area (Å²) in [5, 5.41) is 9.41. The van der Waals surface area contributed by atoms with Crippen LogP contribution in [-0.4, -0.2) is 29.6 Å². The molecule has 0 radical (unpaired) electrons. The molecule has 0 spiro atoms. The van der Waals surface area contributed by atoms with Crippen LogP contribution in [0.2, 0.25) is 0 Å². The number of carbonyl (C=O) groups is 1. The van der Waals surface area contributed by atoms with Crippen LogP contribution in [0.25, 0.3) is 0 Å². The van der Waals surface area contributed by atoms with Gasteiger partial charge in [-0.05, 0) is 68.5 Å². The number of amides is 2. The van der Waals surface area contributed by atoms with Gasteiger partial charge in [0.05, 0.1) is 17.2 Å². The third-order valence-corrected chi connectivity index (χ3v) is 7.47. The Labute approximate surface area is 191 Å². The summed E-state index contributed by atoms with van der Waals surface area (Å²) >= 11 is 0. The number of likely N-dealkylation sites (tertiary alicyclic amines) is 1. The SMILES string of the molecule is N#Cc1cccc(N(C(N)=O)C2(C3CCN(Cc4ccccc4)CC3)CCCCCC2)c1. The largest absolute Gasteiger partial charge is 0.351 e. The highest BCUT2D eigenvalue weighted by Gasteiger charge is 2.47. The average molecular weight is 431 g/mol. The van der Waals surface area contributed by atoms with E-state index in [4.69, 9.17) is 5.73 Å². The lowest BCUT2D eigenvalue weighted by Gasteiger charge is -2.50. The van der Waals surface area contributed by atoms with E-state index in [0.717, 1.165) is 63.8 Å². The van der Waals surface area contributed by atoms with Gasteiger partial charge in [0.15, 0.2) is 0 Å². The van der Waals surface area contributed by atoms with E-state index in [1.165, 1.54) is 18.4 Å². The van der Waals surface area contributed by atoms with Gasteiger partial charge < -0.3 is 5.73 Å². The number of urea groups is 1. The molecular weight excluding hydrogens is 396 g/mol. The first-order valence-corrected chi connectivity index (χ1v) is 12.0. The monoisotopic (exact) mass is 430 g/mol. The fourth-order valence-electron chi connectivity index (χ4n) is 5.94. The summed E-state index contributed by atoms with van der Waals surface area (Å²) in [5.41, 5.74) is 8.47. The first kappa shape index (κ1) is 22.4. The van der Waals surface area contributed by atoms with Crippen molar-refractivity contribution in [1.82, 2.24) is 4.90 Å². The maximum absolute atomic E-state index is 12.9. The first-order valence-electron chi connectivity index (χ1n) is 12.0. The third kappa shape index (κ3) is 4.81. The number of rotatable bonds is 5. The maximum Gasteiger partial charge on any atom is 0.319 e. The lowest BCUT2D eigenvalue weighted by Crippen LogP contribution is -2.60. The highest BCUT2D eigenvalue weighted by atomic mass is 16.2. The Morgan fingerprint density at radius 1 is 1.03 bits per heavy atom. The summed E-state index contributed by atoms with van der Waals surface area (Å²) in [6, 6.07) is 19.9. The zero-order valence-electron chi connectivity index (χ0n) is 18.9. The van der Waals surface area contributed by atoms with Crippen LogP contribution in [0, 0.1) is 17.2 Å². The Kier molecular flexibility index (Phi) is 7.12. The summed E-state index contributed by atoms with van der Waals surface area (Å²) in [7, 11) is 0. The standard InChI is InChI=1S/C27H34N4O/c28-20-23-11-8-12-25(19-23)31(26(29)32)27(15-6-1-2-7-16-27)24-13-17-30(18-14-24)21-22-9-4-3-5-10-22/h3-5,8-12,19,24H,1-2,6-7,13-18,21H2,(H2,29,32). The van der Waals surface area contributed by atoms with Crippen LogP contribution >= 0.6 is 0 Å². The molecule has 0 bridgehead atoms. The number of hydrogen-bond donors (Lipinski definition) is 1. The molecule has 1 saturated carbocycles. The molecule has 2 aromatic carbocycles. The Morgan fingerprint density at radius 3 is 2.34 bits per heavy atom. The van der Waals surface area contributed by atoms with Crippen LogP contribution in [0.5, 0.6) is 0 Å². The number of hydrogen-bond acceptors (Lipinski definition) is 3. The Morgan fingerprint density at radius 2 is 1.72 bits per heavy atom. The molecule has 168 valence electrons. The molecule has 2 N–H and O–H groups in total. The van der Waals surface area contributed by atoms with Crippen molar-refractivity contribution in [1.29, 1.82) is 5.26 Å². The van der Waals surface area contributed by atoms with Gasteiger partial charge in [-0.1, -0.05) is 62.1 Å². The van der Waals surface area contributed by atoms with Crippen molar-refractivity contribution in [3.63, 3.8) is 0 Å². The molecule has 2 aromatic rings. The van der Waals surface area contributed by atoms with E-state index >= 15 is 0 Å². The van der Waals surface area contributed by atoms with Gasteiger partial charge in [-0.2, -0.15) is 5.26 Å². The lowest BCUT2D eigenvalue weighted by atomic mass is 9.71. The molecule has 0 unspecified atom stereocenters. The van der Waals surface area contributed by atoms with Crippen molar-refractivity contribution in [2.75, 3.05) is 18.0 Å². The van der Waals surface area contributed by atoms with Crippen LogP contribution in [0.4, 0.5) is 10.5 Å². The molecule has 5 heteroatoms. The molecule has 1 saturated heterocycles. The summed E-state index contributed by atoms with van der Waals surface area (Å²) in [6.45, 7) is 3.04. The number of anilines is 1. The number of piperidine rings is 1. The lowest BCUT2D eigenvalue weighted by molar-refractivity contribution is 0.111. The van der Waals surface area contributed by atoms with Crippen molar-refractivity contribution in [2.45, 2.75) is 63.5 Å². The quantitative estimate of drug-likeness (QED) is 0.641. The van der Waals surface area contributed by atoms with Gasteiger partial charge in [-0.3, -0.25) is 9.80 Å². The molecule has 1 aliphatic carbocycles. The Hall–Kier alpha value is -2.84. The van der Waals surface area contributed by atoms with E-state index in [-0.39, 0.29) is 5.54 Å². The zero-order chi connectivity index (χ0) is 22.4. The fraction of sp³-hybridized carbons (Fsp3) is 0.481. The van der Waals surface area contributed by atoms with E-state index in [1.807, 2.05) is 23.1 Å². The van der Waals surface area contributed by atoms with E-state index in [1.54, 1.807) is 6.07 Å². The summed E-state index contributed by atoms with van der Waals surface area (Å²) in [6.07, 6.45) is 8.74. The summed E-state index contributed by atoms with van der Waals surface area (Å²) in [4.78, 5) is 17.3. The smallest absolute Gasteiger partial charge is 0.319 e. The molecule has 2 aliphatic rings. The maximum atomic E-state index is 12.9. The molecule has 32 heavy (non-hydrogen) atoms. The number of carbonyl (C=O) groups excluding carboxylic acids is 1. The van der Waals surface area contributed by atoms with Crippen LogP contribution in [0.1, 0.15) is 62.5 Å². The normalized spacial score (nSPS) is 19.6. The molecule has 2 amide bonds. The van der Waals surface area contributed by atoms with Gasteiger partial charge in [0.2, 0.25) is 0 Å². The van der Waals surface area contributed by atoms with Gasteiger partial charge in [0, 0.05) is 12.2 Å². The van der Waals surface area contributed by atoms with Crippen LogP contribution in [0.3, 0.4) is 0 Å². The van der Waals surface area contributed by atoms with Gasteiger partial charge in [0.25, 0.3) is 0 Å². The minimum Gasteiger partial charge on any atom is -0.351 e. The molecule has 4 rings (SSSR count). The second-order valence-corrected chi connectivity index (χ2v) is 9.39. The predicted molar refractivity (Wildman–Crippen MR) is 128 cm³/mol. The topological polar surface area (TPSA) is 73.4 Å². The Bertz CT molecular complexity index is 936. The second-order valence-electron chi connectivity index (χ2n) is 9.39. The molecule has 1 aliphatic heterocycles. The number of nitriles is 1. The molecule has 0 atom stereocenters. The third-order valence-electron chi connectivity index (χ3n) is 7.47. The molecular formula is C27H34N4O. The Balaban J connectivity index is 1.60. The number of nitrogens with zero attached hydrogens (tertiary/aromatic N) is 3.